The fraction of sp³-hybridized carbons (Fsp3) is 0.444. The van der Waals surface area contributed by atoms with E-state index >= 15 is 0 Å². The predicted octanol–water partition coefficient (Wildman–Crippen LogP) is 2.10. The lowest BCUT2D eigenvalue weighted by atomic mass is 10.3. The number of thiazole rings is 1. The molecular weight excluding hydrogens is 403 g/mol. The molecule has 0 aliphatic carbocycles. The van der Waals surface area contributed by atoms with Crippen molar-refractivity contribution in [2.45, 2.75) is 24.7 Å². The molecule has 2 aromatic rings. The Balaban J connectivity index is 1.49. The molecule has 1 saturated heterocycles. The molecule has 3 rings (SSSR count). The van der Waals surface area contributed by atoms with Crippen LogP contribution in [0.4, 0.5) is 9.18 Å². The maximum absolute atomic E-state index is 13.9. The van der Waals surface area contributed by atoms with Crippen molar-refractivity contribution in [3.63, 3.8) is 0 Å². The number of aryl methyl sites for hydroxylation is 1. The quantitative estimate of drug-likeness (QED) is 0.767. The van der Waals surface area contributed by atoms with Gasteiger partial charge in [-0.3, -0.25) is 0 Å². The fourth-order valence-corrected chi connectivity index (χ4v) is 5.23. The molecule has 0 bridgehead atoms. The lowest BCUT2D eigenvalue weighted by Crippen LogP contribution is -2.53. The average molecular weight is 427 g/mol. The zero-order valence-corrected chi connectivity index (χ0v) is 17.2. The van der Waals surface area contributed by atoms with Gasteiger partial charge < -0.3 is 10.2 Å². The molecule has 2 amide bonds. The van der Waals surface area contributed by atoms with E-state index in [1.807, 2.05) is 5.38 Å². The molecule has 2 heterocycles. The van der Waals surface area contributed by atoms with E-state index in [9.17, 15) is 17.6 Å². The number of hydrogen-bond donors (Lipinski definition) is 1. The van der Waals surface area contributed by atoms with Crippen molar-refractivity contribution in [3.8, 4) is 0 Å². The minimum absolute atomic E-state index is 0.135. The average Bonchev–Trinajstić information content (AvgIpc) is 3.16. The molecule has 7 nitrogen and oxygen atoms in total. The van der Waals surface area contributed by atoms with Crippen LogP contribution in [0.5, 0.6) is 0 Å². The highest BCUT2D eigenvalue weighted by Gasteiger charge is 2.31. The number of piperazine rings is 1. The largest absolute Gasteiger partial charge is 0.338 e. The zero-order chi connectivity index (χ0) is 20.1. The van der Waals surface area contributed by atoms with E-state index in [2.05, 4.69) is 17.2 Å². The minimum atomic E-state index is -3.90. The van der Waals surface area contributed by atoms with E-state index in [0.29, 0.717) is 13.0 Å². The highest BCUT2D eigenvalue weighted by atomic mass is 32.2. The van der Waals surface area contributed by atoms with Crippen LogP contribution in [-0.2, 0) is 22.9 Å². The van der Waals surface area contributed by atoms with Crippen molar-refractivity contribution in [2.75, 3.05) is 32.7 Å². The summed E-state index contributed by atoms with van der Waals surface area (Å²) in [5.41, 5.74) is 0.961. The summed E-state index contributed by atoms with van der Waals surface area (Å²) in [7, 11) is -3.90. The molecule has 10 heteroatoms. The summed E-state index contributed by atoms with van der Waals surface area (Å²) in [5, 5.41) is 5.92. The van der Waals surface area contributed by atoms with Gasteiger partial charge in [-0.05, 0) is 18.6 Å². The summed E-state index contributed by atoms with van der Waals surface area (Å²) in [5.74, 6) is -0.768. The van der Waals surface area contributed by atoms with Crippen LogP contribution in [0.2, 0.25) is 0 Å². The number of nitrogens with zero attached hydrogens (tertiary/aromatic N) is 3. The Morgan fingerprint density at radius 2 is 1.96 bits per heavy atom. The third-order valence-electron chi connectivity index (χ3n) is 4.54. The summed E-state index contributed by atoms with van der Waals surface area (Å²) in [6, 6.07) is 5.10. The Kier molecular flexibility index (Phi) is 6.63. The van der Waals surface area contributed by atoms with Gasteiger partial charge in [0.15, 0.2) is 0 Å². The lowest BCUT2D eigenvalue weighted by molar-refractivity contribution is 0.172. The van der Waals surface area contributed by atoms with Gasteiger partial charge in [0.2, 0.25) is 10.0 Å². The molecular formula is C18H23FN4O3S2. The SMILES string of the molecule is CCc1nc(CCNC(=O)N2CCN(S(=O)(=O)c3ccccc3F)CC2)cs1. The molecule has 1 aromatic heterocycles. The van der Waals surface area contributed by atoms with E-state index in [1.165, 1.54) is 22.5 Å². The molecule has 0 saturated carbocycles. The van der Waals surface area contributed by atoms with Crippen LogP contribution >= 0.6 is 11.3 Å². The Labute approximate surface area is 168 Å². The zero-order valence-electron chi connectivity index (χ0n) is 15.6. The number of carbonyl (C=O) groups excluding carboxylic acids is 1. The van der Waals surface area contributed by atoms with Gasteiger partial charge in [0, 0.05) is 44.5 Å². The van der Waals surface area contributed by atoms with Crippen LogP contribution in [0, 0.1) is 5.82 Å². The Morgan fingerprint density at radius 3 is 2.61 bits per heavy atom. The number of amides is 2. The monoisotopic (exact) mass is 426 g/mol. The summed E-state index contributed by atoms with van der Waals surface area (Å²) < 4.78 is 40.3. The fourth-order valence-electron chi connectivity index (χ4n) is 2.96. The smallest absolute Gasteiger partial charge is 0.317 e. The second kappa shape index (κ2) is 8.97. The minimum Gasteiger partial charge on any atom is -0.338 e. The summed E-state index contributed by atoms with van der Waals surface area (Å²) in [6.07, 6.45) is 1.56. The number of hydrogen-bond acceptors (Lipinski definition) is 5. The van der Waals surface area contributed by atoms with Crippen LogP contribution in [-0.4, -0.2) is 61.4 Å². The highest BCUT2D eigenvalue weighted by molar-refractivity contribution is 7.89. The van der Waals surface area contributed by atoms with Crippen molar-refractivity contribution in [2.24, 2.45) is 0 Å². The van der Waals surface area contributed by atoms with Gasteiger partial charge in [0.1, 0.15) is 10.7 Å². The van der Waals surface area contributed by atoms with E-state index in [1.54, 1.807) is 16.2 Å². The van der Waals surface area contributed by atoms with Gasteiger partial charge in [-0.15, -0.1) is 11.3 Å². The first-order valence-corrected chi connectivity index (χ1v) is 11.4. The molecule has 0 unspecified atom stereocenters. The second-order valence-corrected chi connectivity index (χ2v) is 9.24. The number of aromatic nitrogens is 1. The molecule has 0 radical (unpaired) electrons. The van der Waals surface area contributed by atoms with E-state index < -0.39 is 15.8 Å². The maximum Gasteiger partial charge on any atom is 0.317 e. The third-order valence-corrected chi connectivity index (χ3v) is 7.51. The van der Waals surface area contributed by atoms with Crippen molar-refractivity contribution < 1.29 is 17.6 Å². The molecule has 0 spiro atoms. The van der Waals surface area contributed by atoms with Gasteiger partial charge in [0.25, 0.3) is 0 Å². The van der Waals surface area contributed by atoms with Gasteiger partial charge in [-0.25, -0.2) is 22.6 Å². The maximum atomic E-state index is 13.9. The number of urea groups is 1. The molecule has 1 aliphatic rings. The summed E-state index contributed by atoms with van der Waals surface area (Å²) in [6.45, 7) is 3.31. The van der Waals surface area contributed by atoms with Crippen molar-refractivity contribution in [3.05, 3.63) is 46.2 Å². The van der Waals surface area contributed by atoms with Crippen molar-refractivity contribution in [1.82, 2.24) is 19.5 Å². The topological polar surface area (TPSA) is 82.6 Å². The molecule has 1 N–H and O–H groups in total. The van der Waals surface area contributed by atoms with E-state index in [0.717, 1.165) is 23.2 Å². The van der Waals surface area contributed by atoms with E-state index in [4.69, 9.17) is 0 Å². The normalized spacial score (nSPS) is 15.6. The molecule has 1 aromatic carbocycles. The van der Waals surface area contributed by atoms with Crippen LogP contribution < -0.4 is 5.32 Å². The lowest BCUT2D eigenvalue weighted by Gasteiger charge is -2.34. The summed E-state index contributed by atoms with van der Waals surface area (Å²) in [4.78, 5) is 18.0. The molecule has 0 atom stereocenters. The van der Waals surface area contributed by atoms with Crippen molar-refractivity contribution >= 4 is 27.4 Å². The Bertz CT molecular complexity index is 924. The van der Waals surface area contributed by atoms with Crippen LogP contribution in [0.1, 0.15) is 17.6 Å². The number of sulfonamides is 1. The first-order valence-electron chi connectivity index (χ1n) is 9.12. The summed E-state index contributed by atoms with van der Waals surface area (Å²) >= 11 is 1.61. The van der Waals surface area contributed by atoms with Crippen LogP contribution in [0.3, 0.4) is 0 Å². The Morgan fingerprint density at radius 1 is 1.25 bits per heavy atom. The highest BCUT2D eigenvalue weighted by Crippen LogP contribution is 2.20. The number of nitrogens with one attached hydrogen (secondary N) is 1. The van der Waals surface area contributed by atoms with Gasteiger partial charge in [-0.2, -0.15) is 4.31 Å². The van der Waals surface area contributed by atoms with Crippen LogP contribution in [0.15, 0.2) is 34.5 Å². The van der Waals surface area contributed by atoms with Gasteiger partial charge >= 0.3 is 6.03 Å². The first-order chi connectivity index (χ1) is 13.4. The number of benzene rings is 1. The molecule has 152 valence electrons. The molecule has 28 heavy (non-hydrogen) atoms. The number of carbonyl (C=O) groups is 1. The molecule has 1 aliphatic heterocycles. The Hall–Kier alpha value is -2.04. The molecule has 1 fully saturated rings. The van der Waals surface area contributed by atoms with E-state index in [-0.39, 0.29) is 37.1 Å². The second-order valence-electron chi connectivity index (χ2n) is 6.39. The van der Waals surface area contributed by atoms with Gasteiger partial charge in [-0.1, -0.05) is 19.1 Å². The number of rotatable bonds is 6. The van der Waals surface area contributed by atoms with Gasteiger partial charge in [0.05, 0.1) is 10.7 Å². The van der Waals surface area contributed by atoms with Crippen LogP contribution in [0.25, 0.3) is 0 Å². The predicted molar refractivity (Wildman–Crippen MR) is 105 cm³/mol. The van der Waals surface area contributed by atoms with Crippen molar-refractivity contribution in [1.29, 1.82) is 0 Å². The number of halogens is 1. The first kappa shape index (κ1) is 20.7. The third kappa shape index (κ3) is 4.68. The standard InChI is InChI=1S/C18H23FN4O3S2/c1-2-17-21-14(13-27-17)7-8-20-18(24)22-9-11-23(12-10-22)28(25,26)16-6-4-3-5-15(16)19/h3-6,13H,2,7-12H2,1H3,(H,20,24).